The maximum absolute atomic E-state index is 12.2. The average molecular weight is 348 g/mol. The van der Waals surface area contributed by atoms with Crippen LogP contribution in [0.5, 0.6) is 5.75 Å². The predicted octanol–water partition coefficient (Wildman–Crippen LogP) is 2.71. The van der Waals surface area contributed by atoms with Crippen LogP contribution in [0.25, 0.3) is 0 Å². The molecule has 1 N–H and O–H groups in total. The van der Waals surface area contributed by atoms with Crippen LogP contribution in [0.2, 0.25) is 0 Å². The van der Waals surface area contributed by atoms with Gasteiger partial charge in [-0.05, 0) is 29.9 Å². The summed E-state index contributed by atoms with van der Waals surface area (Å²) in [5, 5.41) is 2.98. The van der Waals surface area contributed by atoms with Crippen LogP contribution in [-0.4, -0.2) is 49.7 Å². The fourth-order valence-corrected chi connectivity index (χ4v) is 2.96. The van der Waals surface area contributed by atoms with Gasteiger partial charge in [0.2, 0.25) is 0 Å². The van der Waals surface area contributed by atoms with Gasteiger partial charge in [-0.1, -0.05) is 39.0 Å². The van der Waals surface area contributed by atoms with E-state index in [1.54, 1.807) is 4.90 Å². The molecule has 1 aliphatic rings. The van der Waals surface area contributed by atoms with Crippen molar-refractivity contribution in [3.63, 3.8) is 0 Å². The van der Waals surface area contributed by atoms with Crippen LogP contribution in [0.15, 0.2) is 24.3 Å². The van der Waals surface area contributed by atoms with Crippen molar-refractivity contribution in [3.8, 4) is 5.75 Å². The number of hydrogen-bond acceptors (Lipinski definition) is 4. The zero-order valence-electron chi connectivity index (χ0n) is 15.5. The van der Waals surface area contributed by atoms with Crippen LogP contribution in [0.1, 0.15) is 39.2 Å². The number of para-hydroxylation sites is 1. The van der Waals surface area contributed by atoms with Crippen molar-refractivity contribution in [1.29, 1.82) is 0 Å². The highest BCUT2D eigenvalue weighted by Crippen LogP contribution is 2.30. The Morgan fingerprint density at radius 2 is 1.84 bits per heavy atom. The van der Waals surface area contributed by atoms with Gasteiger partial charge in [-0.3, -0.25) is 4.79 Å². The van der Waals surface area contributed by atoms with E-state index in [1.807, 2.05) is 24.3 Å². The van der Waals surface area contributed by atoms with E-state index < -0.39 is 0 Å². The molecule has 1 saturated heterocycles. The van der Waals surface area contributed by atoms with E-state index >= 15 is 0 Å². The van der Waals surface area contributed by atoms with E-state index in [9.17, 15) is 9.59 Å². The van der Waals surface area contributed by atoms with Gasteiger partial charge in [0.15, 0.2) is 6.61 Å². The molecule has 2 amide bonds. The van der Waals surface area contributed by atoms with E-state index in [0.717, 1.165) is 24.2 Å². The third-order valence-electron chi connectivity index (χ3n) is 4.35. The molecule has 2 rings (SSSR count). The summed E-state index contributed by atoms with van der Waals surface area (Å²) < 4.78 is 10.5. The molecule has 0 spiro atoms. The second-order valence-corrected chi connectivity index (χ2v) is 7.33. The zero-order chi connectivity index (χ0) is 18.4. The third kappa shape index (κ3) is 5.37. The Kier molecular flexibility index (Phi) is 6.28. The van der Waals surface area contributed by atoms with Gasteiger partial charge in [0, 0.05) is 19.1 Å². The summed E-state index contributed by atoms with van der Waals surface area (Å²) in [5.74, 6) is 0.603. The van der Waals surface area contributed by atoms with Crippen molar-refractivity contribution < 1.29 is 19.1 Å². The van der Waals surface area contributed by atoms with Gasteiger partial charge in [-0.2, -0.15) is 0 Å². The molecule has 0 unspecified atom stereocenters. The third-order valence-corrected chi connectivity index (χ3v) is 4.35. The molecule has 138 valence electrons. The van der Waals surface area contributed by atoms with Gasteiger partial charge >= 0.3 is 6.09 Å². The molecule has 1 aliphatic heterocycles. The topological polar surface area (TPSA) is 67.9 Å². The van der Waals surface area contributed by atoms with Crippen molar-refractivity contribution >= 4 is 12.0 Å². The van der Waals surface area contributed by atoms with Crippen molar-refractivity contribution in [2.24, 2.45) is 0 Å². The minimum absolute atomic E-state index is 0.00961. The summed E-state index contributed by atoms with van der Waals surface area (Å²) in [6.45, 7) is 7.51. The summed E-state index contributed by atoms with van der Waals surface area (Å²) in [5.41, 5.74) is 1.03. The first-order valence-corrected chi connectivity index (χ1v) is 8.66. The number of methoxy groups -OCH3 is 1. The molecule has 0 aromatic heterocycles. The fraction of sp³-hybridized carbons (Fsp3) is 0.579. The monoisotopic (exact) mass is 348 g/mol. The lowest BCUT2D eigenvalue weighted by atomic mass is 9.86. The van der Waals surface area contributed by atoms with Crippen LogP contribution in [-0.2, 0) is 14.9 Å². The van der Waals surface area contributed by atoms with E-state index in [4.69, 9.17) is 9.47 Å². The number of amides is 2. The number of likely N-dealkylation sites (tertiary alicyclic amines) is 1. The van der Waals surface area contributed by atoms with E-state index in [1.165, 1.54) is 7.11 Å². The standard InChI is InChI=1S/C19H28N2O4/c1-19(2,3)15-7-5-6-8-16(15)25-13-17(22)20-14-9-11-21(12-10-14)18(23)24-4/h5-8,14H,9-13H2,1-4H3,(H,20,22). The van der Waals surface area contributed by atoms with Crippen molar-refractivity contribution in [1.82, 2.24) is 10.2 Å². The largest absolute Gasteiger partial charge is 0.483 e. The Labute approximate surface area is 149 Å². The molecule has 6 nitrogen and oxygen atoms in total. The number of piperidine rings is 1. The molecule has 0 atom stereocenters. The number of carbonyl (C=O) groups is 2. The van der Waals surface area contributed by atoms with Gasteiger partial charge in [0.25, 0.3) is 5.91 Å². The Morgan fingerprint density at radius 1 is 1.20 bits per heavy atom. The zero-order valence-corrected chi connectivity index (χ0v) is 15.5. The van der Waals surface area contributed by atoms with Crippen molar-refractivity contribution in [3.05, 3.63) is 29.8 Å². The maximum atomic E-state index is 12.2. The van der Waals surface area contributed by atoms with Crippen molar-refractivity contribution in [2.45, 2.75) is 45.1 Å². The highest BCUT2D eigenvalue weighted by atomic mass is 16.5. The average Bonchev–Trinajstić information content (AvgIpc) is 2.59. The van der Waals surface area contributed by atoms with Crippen LogP contribution < -0.4 is 10.1 Å². The molecule has 1 fully saturated rings. The molecule has 1 aromatic rings. The summed E-state index contributed by atoms with van der Waals surface area (Å²) in [4.78, 5) is 25.3. The Balaban J connectivity index is 1.82. The molecule has 0 aliphatic carbocycles. The number of hydrogen-bond donors (Lipinski definition) is 1. The SMILES string of the molecule is COC(=O)N1CCC(NC(=O)COc2ccccc2C(C)(C)C)CC1. The number of nitrogens with zero attached hydrogens (tertiary/aromatic N) is 1. The molecule has 1 heterocycles. The number of carbonyl (C=O) groups excluding carboxylic acids is 2. The summed E-state index contributed by atoms with van der Waals surface area (Å²) in [6, 6.07) is 7.86. The van der Waals surface area contributed by atoms with Crippen molar-refractivity contribution in [2.75, 3.05) is 26.8 Å². The quantitative estimate of drug-likeness (QED) is 0.908. The highest BCUT2D eigenvalue weighted by molar-refractivity contribution is 5.78. The van der Waals surface area contributed by atoms with E-state index in [-0.39, 0.29) is 30.1 Å². The molecule has 25 heavy (non-hydrogen) atoms. The molecule has 1 aromatic carbocycles. The first-order chi connectivity index (χ1) is 11.8. The lowest BCUT2D eigenvalue weighted by Crippen LogP contribution is -2.47. The van der Waals surface area contributed by atoms with E-state index in [2.05, 4.69) is 26.1 Å². The molecular formula is C19H28N2O4. The second-order valence-electron chi connectivity index (χ2n) is 7.33. The van der Waals surface area contributed by atoms with Gasteiger partial charge < -0.3 is 19.7 Å². The van der Waals surface area contributed by atoms with Crippen LogP contribution in [0.3, 0.4) is 0 Å². The highest BCUT2D eigenvalue weighted by Gasteiger charge is 2.24. The molecule has 0 bridgehead atoms. The first-order valence-electron chi connectivity index (χ1n) is 8.66. The first kappa shape index (κ1) is 19.1. The molecule has 0 radical (unpaired) electrons. The molecule has 6 heteroatoms. The number of ether oxygens (including phenoxy) is 2. The van der Waals surface area contributed by atoms with Gasteiger partial charge in [0.1, 0.15) is 5.75 Å². The van der Waals surface area contributed by atoms with Gasteiger partial charge in [-0.15, -0.1) is 0 Å². The molecular weight excluding hydrogens is 320 g/mol. The molecule has 0 saturated carbocycles. The number of benzene rings is 1. The normalized spacial score (nSPS) is 15.6. The van der Waals surface area contributed by atoms with Gasteiger partial charge in [0.05, 0.1) is 7.11 Å². The van der Waals surface area contributed by atoms with Gasteiger partial charge in [-0.25, -0.2) is 4.79 Å². The minimum Gasteiger partial charge on any atom is -0.483 e. The number of rotatable bonds is 4. The lowest BCUT2D eigenvalue weighted by Gasteiger charge is -2.31. The predicted molar refractivity (Wildman–Crippen MR) is 95.8 cm³/mol. The Bertz CT molecular complexity index is 602. The van der Waals surface area contributed by atoms with Crippen LogP contribution in [0.4, 0.5) is 4.79 Å². The van der Waals surface area contributed by atoms with Crippen LogP contribution >= 0.6 is 0 Å². The smallest absolute Gasteiger partial charge is 0.409 e. The van der Waals surface area contributed by atoms with E-state index in [0.29, 0.717) is 13.1 Å². The number of nitrogens with one attached hydrogen (secondary N) is 1. The summed E-state index contributed by atoms with van der Waals surface area (Å²) >= 11 is 0. The van der Waals surface area contributed by atoms with Crippen LogP contribution in [0, 0.1) is 0 Å². The maximum Gasteiger partial charge on any atom is 0.409 e. The summed E-state index contributed by atoms with van der Waals surface area (Å²) in [7, 11) is 1.38. The lowest BCUT2D eigenvalue weighted by molar-refractivity contribution is -0.124. The Morgan fingerprint density at radius 3 is 2.44 bits per heavy atom. The fourth-order valence-electron chi connectivity index (χ4n) is 2.96. The minimum atomic E-state index is -0.313. The second kappa shape index (κ2) is 8.23. The summed E-state index contributed by atoms with van der Waals surface area (Å²) in [6.07, 6.45) is 1.13. The Hall–Kier alpha value is -2.24.